The van der Waals surface area contributed by atoms with E-state index in [1.807, 2.05) is 53.0 Å². The molecule has 39 heavy (non-hydrogen) atoms. The van der Waals surface area contributed by atoms with E-state index in [0.717, 1.165) is 16.0 Å². The zero-order chi connectivity index (χ0) is 30.0. The zero-order valence-electron chi connectivity index (χ0n) is 24.2. The van der Waals surface area contributed by atoms with Crippen molar-refractivity contribution in [1.82, 2.24) is 9.55 Å². The fourth-order valence-corrected chi connectivity index (χ4v) is 7.55. The second-order valence-corrected chi connectivity index (χ2v) is 24.1. The Hall–Kier alpha value is -2.07. The average Bonchev–Trinajstić information content (AvgIpc) is 3.16. The summed E-state index contributed by atoms with van der Waals surface area (Å²) in [7, 11) is -9.36. The molecule has 1 spiro atoms. The molecular formula is C24H40N4O8SSi2. The Morgan fingerprint density at radius 2 is 1.69 bits per heavy atom. The van der Waals surface area contributed by atoms with Crippen LogP contribution in [-0.2, 0) is 27.9 Å². The van der Waals surface area contributed by atoms with Crippen LogP contribution in [0.15, 0.2) is 26.8 Å². The minimum Gasteiger partial charge on any atom is -0.414 e. The van der Waals surface area contributed by atoms with Crippen molar-refractivity contribution in [3.8, 4) is 6.07 Å². The number of nitrogens with one attached hydrogen (secondary N) is 1. The van der Waals surface area contributed by atoms with Crippen LogP contribution in [0.5, 0.6) is 0 Å². The van der Waals surface area contributed by atoms with Gasteiger partial charge >= 0.3 is 5.69 Å². The van der Waals surface area contributed by atoms with Gasteiger partial charge in [-0.05, 0) is 36.3 Å². The van der Waals surface area contributed by atoms with E-state index in [-0.39, 0.29) is 28.1 Å². The maximum absolute atomic E-state index is 13.1. The molecule has 3 N–H and O–H groups in total. The predicted molar refractivity (Wildman–Crippen MR) is 150 cm³/mol. The molecule has 0 radical (unpaired) electrons. The van der Waals surface area contributed by atoms with Gasteiger partial charge in [0.15, 0.2) is 28.5 Å². The molecule has 3 rings (SSSR count). The van der Waals surface area contributed by atoms with Gasteiger partial charge in [-0.1, -0.05) is 41.5 Å². The quantitative estimate of drug-likeness (QED) is 0.365. The summed E-state index contributed by atoms with van der Waals surface area (Å²) in [5, 5.41) is 10.1. The van der Waals surface area contributed by atoms with Gasteiger partial charge in [-0.25, -0.2) is 8.98 Å². The molecule has 12 nitrogen and oxygen atoms in total. The van der Waals surface area contributed by atoms with Crippen molar-refractivity contribution in [2.75, 3.05) is 6.61 Å². The van der Waals surface area contributed by atoms with Crippen LogP contribution in [0.2, 0.25) is 36.3 Å². The molecule has 0 saturated carbocycles. The Morgan fingerprint density at radius 1 is 1.13 bits per heavy atom. The third-order valence-corrected chi connectivity index (χ3v) is 18.4. The van der Waals surface area contributed by atoms with Crippen LogP contribution in [0.1, 0.15) is 53.5 Å². The third kappa shape index (κ3) is 5.60. The van der Waals surface area contributed by atoms with Crippen LogP contribution < -0.4 is 17.0 Å². The second-order valence-electron chi connectivity index (χ2n) is 13.1. The molecule has 1 aromatic heterocycles. The first kappa shape index (κ1) is 31.5. The van der Waals surface area contributed by atoms with E-state index >= 15 is 0 Å². The number of aromatic nitrogens is 2. The molecule has 2 aliphatic heterocycles. The molecule has 3 heterocycles. The molecule has 1 aromatic rings. The largest absolute Gasteiger partial charge is 0.414 e. The molecule has 0 bridgehead atoms. The Morgan fingerprint density at radius 3 is 2.15 bits per heavy atom. The van der Waals surface area contributed by atoms with E-state index in [2.05, 4.69) is 25.8 Å². The highest BCUT2D eigenvalue weighted by Crippen LogP contribution is 2.52. The molecule has 2 aliphatic rings. The van der Waals surface area contributed by atoms with Crippen molar-refractivity contribution < 1.29 is 26.2 Å². The molecule has 1 fully saturated rings. The zero-order valence-corrected chi connectivity index (χ0v) is 27.1. The maximum Gasteiger partial charge on any atom is 0.331 e. The number of nitrogens with two attached hydrogens (primary N) is 1. The van der Waals surface area contributed by atoms with E-state index in [1.54, 1.807) is 0 Å². The average molecular weight is 601 g/mol. The van der Waals surface area contributed by atoms with E-state index < -0.39 is 62.0 Å². The van der Waals surface area contributed by atoms with Gasteiger partial charge in [-0.2, -0.15) is 13.7 Å². The number of ether oxygens (including phenoxy) is 1. The lowest BCUT2D eigenvalue weighted by Gasteiger charge is -2.43. The van der Waals surface area contributed by atoms with Crippen LogP contribution >= 0.6 is 0 Å². The molecule has 15 heteroatoms. The summed E-state index contributed by atoms with van der Waals surface area (Å²) in [5.74, 6) is 0. The Bertz CT molecular complexity index is 1430. The van der Waals surface area contributed by atoms with Crippen molar-refractivity contribution in [2.24, 2.45) is 5.73 Å². The van der Waals surface area contributed by atoms with E-state index in [1.165, 1.54) is 0 Å². The highest BCUT2D eigenvalue weighted by atomic mass is 32.2. The number of rotatable bonds is 6. The van der Waals surface area contributed by atoms with Crippen LogP contribution in [0.25, 0.3) is 0 Å². The summed E-state index contributed by atoms with van der Waals surface area (Å²) in [4.78, 5) is 27.2. The SMILES string of the molecule is CC(C)(C)[Si](C)(C)OCC1OC(n2c(C#N)cc(=O)[nH]c2=O)C(O[Si](C)(C)C(C)(C)C)C12OS(=O)(=O)C=C2N. The molecular weight excluding hydrogens is 561 g/mol. The third-order valence-electron chi connectivity index (χ3n) is 8.42. The number of H-pyrrole nitrogens is 1. The lowest BCUT2D eigenvalue weighted by atomic mass is 9.89. The van der Waals surface area contributed by atoms with Gasteiger partial charge < -0.3 is 19.3 Å². The summed E-state index contributed by atoms with van der Waals surface area (Å²) >= 11 is 0. The van der Waals surface area contributed by atoms with Crippen molar-refractivity contribution in [3.63, 3.8) is 0 Å². The van der Waals surface area contributed by atoms with Gasteiger partial charge in [0, 0.05) is 6.07 Å². The van der Waals surface area contributed by atoms with Gasteiger partial charge in [0.2, 0.25) is 0 Å². The fourth-order valence-electron chi connectivity index (χ4n) is 4.04. The van der Waals surface area contributed by atoms with Crippen molar-refractivity contribution in [3.05, 3.63) is 43.7 Å². The minimum atomic E-state index is -4.25. The number of hydrogen-bond donors (Lipinski definition) is 2. The van der Waals surface area contributed by atoms with Gasteiger partial charge in [0.1, 0.15) is 24.0 Å². The smallest absolute Gasteiger partial charge is 0.331 e. The standard InChI is InChI=1S/C24H40N4O8SSi2/c1-22(2,3)38(7,8)33-13-17-24(16(26)14-37(31,32)36-24)19(35-39(9,10)23(4,5)6)20(34-17)28-15(12-25)11-18(29)27-21(28)30/h11,14,17,19-20H,13,26H2,1-10H3,(H,27,29,30). The van der Waals surface area contributed by atoms with E-state index in [4.69, 9.17) is 23.5 Å². The molecule has 4 atom stereocenters. The summed E-state index contributed by atoms with van der Waals surface area (Å²) in [6.07, 6.45) is -3.78. The summed E-state index contributed by atoms with van der Waals surface area (Å²) in [5.41, 5.74) is 2.40. The first-order valence-electron chi connectivity index (χ1n) is 12.7. The highest BCUT2D eigenvalue weighted by Gasteiger charge is 2.67. The number of nitriles is 1. The second kappa shape index (κ2) is 9.79. The first-order chi connectivity index (χ1) is 17.5. The monoisotopic (exact) mass is 600 g/mol. The lowest BCUT2D eigenvalue weighted by molar-refractivity contribution is -0.0565. The summed E-state index contributed by atoms with van der Waals surface area (Å²) in [6, 6.07) is 2.82. The summed E-state index contributed by atoms with van der Waals surface area (Å²) < 4.78 is 51.8. The topological polar surface area (TPSA) is 176 Å². The Balaban J connectivity index is 2.29. The Labute approximate surface area is 231 Å². The van der Waals surface area contributed by atoms with Crippen molar-refractivity contribution in [2.45, 2.75) is 102 Å². The highest BCUT2D eigenvalue weighted by molar-refractivity contribution is 7.90. The molecule has 4 unspecified atom stereocenters. The van der Waals surface area contributed by atoms with Gasteiger partial charge in [0.05, 0.1) is 17.7 Å². The first-order valence-corrected chi connectivity index (χ1v) is 19.9. The van der Waals surface area contributed by atoms with Crippen molar-refractivity contribution >= 4 is 26.8 Å². The number of hydrogen-bond acceptors (Lipinski definition) is 10. The molecule has 218 valence electrons. The minimum absolute atomic E-state index is 0.117. The van der Waals surface area contributed by atoms with Crippen LogP contribution in [0.3, 0.4) is 0 Å². The van der Waals surface area contributed by atoms with Crippen LogP contribution in [0, 0.1) is 11.3 Å². The normalized spacial score (nSPS) is 27.5. The molecule has 0 aromatic carbocycles. The Kier molecular flexibility index (Phi) is 7.90. The van der Waals surface area contributed by atoms with Crippen LogP contribution in [0.4, 0.5) is 0 Å². The van der Waals surface area contributed by atoms with Gasteiger partial charge in [0.25, 0.3) is 15.7 Å². The van der Waals surface area contributed by atoms with Crippen molar-refractivity contribution in [1.29, 1.82) is 5.26 Å². The molecule has 1 saturated heterocycles. The predicted octanol–water partition coefficient (Wildman–Crippen LogP) is 2.62. The lowest BCUT2D eigenvalue weighted by Crippen LogP contribution is -2.59. The summed E-state index contributed by atoms with van der Waals surface area (Å²) in [6.45, 7) is 20.0. The number of aromatic amines is 1. The van der Waals surface area contributed by atoms with Gasteiger partial charge in [-0.15, -0.1) is 0 Å². The van der Waals surface area contributed by atoms with E-state index in [9.17, 15) is 23.3 Å². The maximum atomic E-state index is 13.1. The fraction of sp³-hybridized carbons (Fsp3) is 0.708. The molecule has 0 aliphatic carbocycles. The van der Waals surface area contributed by atoms with Gasteiger partial charge in [-0.3, -0.25) is 14.3 Å². The van der Waals surface area contributed by atoms with Crippen LogP contribution in [-0.4, -0.2) is 59.0 Å². The van der Waals surface area contributed by atoms with E-state index in [0.29, 0.717) is 0 Å². The molecule has 0 amide bonds. The number of nitrogens with zero attached hydrogens (tertiary/aromatic N) is 2.